The molecule has 1 nitrogen and oxygen atoms in total. The second kappa shape index (κ2) is 4.23. The first kappa shape index (κ1) is 11.8. The van der Waals surface area contributed by atoms with Crippen LogP contribution >= 0.6 is 0 Å². The molecule has 0 saturated heterocycles. The van der Waals surface area contributed by atoms with Crippen LogP contribution < -0.4 is 5.73 Å². The van der Waals surface area contributed by atoms with Crippen molar-refractivity contribution in [3.8, 4) is 0 Å². The van der Waals surface area contributed by atoms with Gasteiger partial charge in [-0.15, -0.1) is 0 Å². The molecule has 18 heavy (non-hydrogen) atoms. The lowest BCUT2D eigenvalue weighted by Crippen LogP contribution is -2.53. The van der Waals surface area contributed by atoms with E-state index in [2.05, 4.69) is 0 Å². The molecule has 0 spiro atoms. The Balaban J connectivity index is 1.58. The molecule has 0 radical (unpaired) electrons. The molecular weight excluding hydrogens is 218 g/mol. The van der Waals surface area contributed by atoms with Gasteiger partial charge >= 0.3 is 0 Å². The fraction of sp³-hybridized carbons (Fsp3) is 1.00. The molecule has 5 saturated carbocycles. The van der Waals surface area contributed by atoms with Gasteiger partial charge in [-0.3, -0.25) is 0 Å². The number of rotatable bonds is 3. The van der Waals surface area contributed by atoms with E-state index in [-0.39, 0.29) is 0 Å². The molecule has 0 aromatic heterocycles. The lowest BCUT2D eigenvalue weighted by molar-refractivity contribution is -0.123. The molecule has 2 N–H and O–H groups in total. The molecule has 5 aliphatic carbocycles. The summed E-state index contributed by atoms with van der Waals surface area (Å²) in [5, 5.41) is 0. The normalized spacial score (nSPS) is 51.2. The summed E-state index contributed by atoms with van der Waals surface area (Å²) in [4.78, 5) is 0. The molecule has 2 atom stereocenters. The van der Waals surface area contributed by atoms with Crippen LogP contribution in [-0.4, -0.2) is 6.54 Å². The van der Waals surface area contributed by atoms with Gasteiger partial charge in [0.05, 0.1) is 0 Å². The Morgan fingerprint density at radius 3 is 2.22 bits per heavy atom. The molecule has 0 aromatic rings. The van der Waals surface area contributed by atoms with Crippen LogP contribution in [0.2, 0.25) is 0 Å². The molecule has 5 rings (SSSR count). The minimum atomic E-state index is 0.818. The van der Waals surface area contributed by atoms with Gasteiger partial charge in [0.15, 0.2) is 0 Å². The van der Waals surface area contributed by atoms with E-state index in [1.165, 1.54) is 19.3 Å². The first-order valence-corrected chi connectivity index (χ1v) is 8.51. The zero-order chi connectivity index (χ0) is 12.2. The molecule has 102 valence electrons. The highest BCUT2D eigenvalue weighted by molar-refractivity contribution is 5.07. The summed E-state index contributed by atoms with van der Waals surface area (Å²) < 4.78 is 0. The highest BCUT2D eigenvalue weighted by Crippen LogP contribution is 2.66. The standard InChI is InChI=1S/C17H29N/c18-6-5-16-13-7-12-8-14(16)11-17(9-12,10-13)15-3-1-2-4-15/h12-16H,1-11,18H2. The Hall–Kier alpha value is -0.0400. The Labute approximate surface area is 112 Å². The van der Waals surface area contributed by atoms with Crippen LogP contribution in [0.25, 0.3) is 0 Å². The third-order valence-corrected chi connectivity index (χ3v) is 7.24. The predicted molar refractivity (Wildman–Crippen MR) is 75.1 cm³/mol. The second-order valence-corrected chi connectivity index (χ2v) is 8.05. The van der Waals surface area contributed by atoms with Crippen molar-refractivity contribution >= 4 is 0 Å². The lowest BCUT2D eigenvalue weighted by Gasteiger charge is -2.62. The largest absolute Gasteiger partial charge is 0.330 e. The first-order chi connectivity index (χ1) is 8.81. The van der Waals surface area contributed by atoms with Crippen LogP contribution in [0.15, 0.2) is 0 Å². The summed E-state index contributed by atoms with van der Waals surface area (Å²) in [6, 6.07) is 0. The molecule has 5 aliphatic rings. The van der Waals surface area contributed by atoms with Crippen molar-refractivity contribution in [2.75, 3.05) is 6.54 Å². The molecule has 0 aliphatic heterocycles. The zero-order valence-corrected chi connectivity index (χ0v) is 11.7. The van der Waals surface area contributed by atoms with E-state index in [1.807, 2.05) is 0 Å². The second-order valence-electron chi connectivity index (χ2n) is 8.05. The maximum atomic E-state index is 5.86. The Kier molecular flexibility index (Phi) is 2.76. The summed E-state index contributed by atoms with van der Waals surface area (Å²) >= 11 is 0. The van der Waals surface area contributed by atoms with Crippen molar-refractivity contribution in [2.24, 2.45) is 40.7 Å². The minimum absolute atomic E-state index is 0.818. The molecule has 2 unspecified atom stereocenters. The summed E-state index contributed by atoms with van der Waals surface area (Å²) in [6.45, 7) is 0.929. The lowest BCUT2D eigenvalue weighted by atomic mass is 9.43. The fourth-order valence-corrected chi connectivity index (χ4v) is 6.89. The molecule has 5 fully saturated rings. The Morgan fingerprint density at radius 2 is 1.61 bits per heavy atom. The van der Waals surface area contributed by atoms with E-state index < -0.39 is 0 Å². The van der Waals surface area contributed by atoms with Crippen LogP contribution in [0.4, 0.5) is 0 Å². The number of hydrogen-bond acceptors (Lipinski definition) is 1. The average Bonchev–Trinajstić information content (AvgIpc) is 2.87. The maximum absolute atomic E-state index is 5.86. The van der Waals surface area contributed by atoms with Crippen molar-refractivity contribution in [1.82, 2.24) is 0 Å². The van der Waals surface area contributed by atoms with Crippen LogP contribution in [0.1, 0.15) is 64.2 Å². The Morgan fingerprint density at radius 1 is 0.944 bits per heavy atom. The average molecular weight is 247 g/mol. The maximum Gasteiger partial charge on any atom is -0.00744 e. The molecule has 0 heterocycles. The van der Waals surface area contributed by atoms with Gasteiger partial charge in [-0.1, -0.05) is 12.8 Å². The van der Waals surface area contributed by atoms with Crippen molar-refractivity contribution in [1.29, 1.82) is 0 Å². The van der Waals surface area contributed by atoms with E-state index >= 15 is 0 Å². The van der Waals surface area contributed by atoms with Gasteiger partial charge in [0, 0.05) is 0 Å². The van der Waals surface area contributed by atoms with E-state index in [4.69, 9.17) is 5.73 Å². The molecule has 0 aromatic carbocycles. The van der Waals surface area contributed by atoms with E-state index in [0.29, 0.717) is 0 Å². The van der Waals surface area contributed by atoms with E-state index in [9.17, 15) is 0 Å². The van der Waals surface area contributed by atoms with E-state index in [0.717, 1.165) is 41.5 Å². The SMILES string of the molecule is NCCC1C2CC3CC1CC(C1CCCC1)(C3)C2. The van der Waals surface area contributed by atoms with Crippen LogP contribution in [-0.2, 0) is 0 Å². The first-order valence-electron chi connectivity index (χ1n) is 8.51. The molecule has 0 amide bonds. The minimum Gasteiger partial charge on any atom is -0.330 e. The number of hydrogen-bond donors (Lipinski definition) is 1. The summed E-state index contributed by atoms with van der Waals surface area (Å²) in [5.74, 6) is 5.38. The summed E-state index contributed by atoms with van der Waals surface area (Å²) in [6.07, 6.45) is 15.4. The third-order valence-electron chi connectivity index (χ3n) is 7.24. The quantitative estimate of drug-likeness (QED) is 0.802. The summed E-state index contributed by atoms with van der Waals surface area (Å²) in [7, 11) is 0. The fourth-order valence-electron chi connectivity index (χ4n) is 6.89. The third kappa shape index (κ3) is 1.62. The number of nitrogens with two attached hydrogens (primary N) is 1. The van der Waals surface area contributed by atoms with Gasteiger partial charge in [-0.25, -0.2) is 0 Å². The molecule has 4 bridgehead atoms. The highest BCUT2D eigenvalue weighted by atomic mass is 14.6. The van der Waals surface area contributed by atoms with Gasteiger partial charge in [0.25, 0.3) is 0 Å². The van der Waals surface area contributed by atoms with Crippen LogP contribution in [0.5, 0.6) is 0 Å². The van der Waals surface area contributed by atoms with Crippen molar-refractivity contribution in [3.63, 3.8) is 0 Å². The van der Waals surface area contributed by atoms with Gasteiger partial charge in [0.1, 0.15) is 0 Å². The van der Waals surface area contributed by atoms with E-state index in [1.54, 1.807) is 44.9 Å². The highest BCUT2D eigenvalue weighted by Gasteiger charge is 2.57. The van der Waals surface area contributed by atoms with Gasteiger partial charge in [0.2, 0.25) is 0 Å². The zero-order valence-electron chi connectivity index (χ0n) is 11.7. The van der Waals surface area contributed by atoms with Crippen LogP contribution in [0, 0.1) is 35.0 Å². The summed E-state index contributed by atoms with van der Waals surface area (Å²) in [5.41, 5.74) is 6.68. The van der Waals surface area contributed by atoms with Gasteiger partial charge in [-0.05, 0) is 92.9 Å². The van der Waals surface area contributed by atoms with Crippen molar-refractivity contribution in [2.45, 2.75) is 64.2 Å². The molecule has 1 heteroatoms. The predicted octanol–water partition coefficient (Wildman–Crippen LogP) is 3.97. The molecular formula is C17H29N. The monoisotopic (exact) mass is 247 g/mol. The van der Waals surface area contributed by atoms with Crippen molar-refractivity contribution in [3.05, 3.63) is 0 Å². The smallest absolute Gasteiger partial charge is 0.00744 e. The Bertz CT molecular complexity index is 302. The van der Waals surface area contributed by atoms with Gasteiger partial charge in [-0.2, -0.15) is 0 Å². The topological polar surface area (TPSA) is 26.0 Å². The van der Waals surface area contributed by atoms with Crippen LogP contribution in [0.3, 0.4) is 0 Å². The van der Waals surface area contributed by atoms with Crippen molar-refractivity contribution < 1.29 is 0 Å². The van der Waals surface area contributed by atoms with Gasteiger partial charge < -0.3 is 5.73 Å².